The van der Waals surface area contributed by atoms with E-state index >= 15 is 0 Å². The molecule has 2 aromatic rings. The molecule has 1 unspecified atom stereocenters. The van der Waals surface area contributed by atoms with Crippen molar-refractivity contribution >= 4 is 11.6 Å². The second kappa shape index (κ2) is 6.12. The second-order valence-electron chi connectivity index (χ2n) is 5.43. The number of carbonyl (C=O) groups excluding carboxylic acids is 1. The summed E-state index contributed by atoms with van der Waals surface area (Å²) in [6, 6.07) is 14.9. The average molecular weight is 310 g/mol. The number of hydrogen-bond acceptors (Lipinski definition) is 4. The predicted octanol–water partition coefficient (Wildman–Crippen LogP) is 3.10. The van der Waals surface area contributed by atoms with Crippen LogP contribution in [0.5, 0.6) is 11.5 Å². The van der Waals surface area contributed by atoms with Gasteiger partial charge in [0.1, 0.15) is 0 Å². The van der Waals surface area contributed by atoms with E-state index in [0.717, 1.165) is 16.8 Å². The largest absolute Gasteiger partial charge is 0.504 e. The molecule has 0 saturated carbocycles. The molecule has 0 spiro atoms. The molecule has 0 aliphatic carbocycles. The Morgan fingerprint density at radius 1 is 1.26 bits per heavy atom. The summed E-state index contributed by atoms with van der Waals surface area (Å²) in [6.45, 7) is 1.51. The lowest BCUT2D eigenvalue weighted by molar-refractivity contribution is -0.130. The van der Waals surface area contributed by atoms with Crippen molar-refractivity contribution in [1.29, 1.82) is 0 Å². The van der Waals surface area contributed by atoms with Crippen LogP contribution in [-0.2, 0) is 4.79 Å². The number of hydrogen-bond donors (Lipinski definition) is 1. The maximum absolute atomic E-state index is 11.9. The van der Waals surface area contributed by atoms with Crippen LogP contribution in [0, 0.1) is 0 Å². The van der Waals surface area contributed by atoms with E-state index in [-0.39, 0.29) is 17.7 Å². The Bertz CT molecular complexity index is 756. The third kappa shape index (κ3) is 2.90. The molecule has 0 bridgehead atoms. The zero-order valence-corrected chi connectivity index (χ0v) is 13.1. The zero-order chi connectivity index (χ0) is 16.4. The first-order chi connectivity index (χ1) is 11.1. The fourth-order valence-electron chi connectivity index (χ4n) is 2.78. The van der Waals surface area contributed by atoms with Crippen LogP contribution in [0.3, 0.4) is 0 Å². The van der Waals surface area contributed by atoms with Crippen molar-refractivity contribution in [3.05, 3.63) is 59.7 Å². The molecule has 2 aromatic carbocycles. The van der Waals surface area contributed by atoms with Crippen molar-refractivity contribution in [2.45, 2.75) is 19.4 Å². The molecule has 1 aliphatic heterocycles. The highest BCUT2D eigenvalue weighted by molar-refractivity contribution is 6.03. The molecule has 23 heavy (non-hydrogen) atoms. The van der Waals surface area contributed by atoms with E-state index in [1.807, 2.05) is 36.4 Å². The number of carbonyl (C=O) groups is 1. The summed E-state index contributed by atoms with van der Waals surface area (Å²) in [6.07, 6.45) is 0.607. The number of phenolic OH excluding ortho intramolecular Hbond substituents is 1. The average Bonchev–Trinajstić information content (AvgIpc) is 3.01. The summed E-state index contributed by atoms with van der Waals surface area (Å²) in [5.74, 6) is 0.368. The molecule has 5 nitrogen and oxygen atoms in total. The highest BCUT2D eigenvalue weighted by Crippen LogP contribution is 2.34. The standard InChI is InChI=1S/C18H18N2O3/c1-12(21)20-16(13-6-4-3-5-7-13)11-15(19-20)14-8-9-18(23-2)17(22)10-14/h3-10,16,22H,11H2,1-2H3. The van der Waals surface area contributed by atoms with Crippen LogP contribution < -0.4 is 4.74 Å². The van der Waals surface area contributed by atoms with Crippen molar-refractivity contribution in [3.8, 4) is 11.5 Å². The van der Waals surface area contributed by atoms with Gasteiger partial charge in [0.25, 0.3) is 0 Å². The van der Waals surface area contributed by atoms with Crippen LogP contribution in [0.1, 0.15) is 30.5 Å². The van der Waals surface area contributed by atoms with Crippen molar-refractivity contribution < 1.29 is 14.6 Å². The highest BCUT2D eigenvalue weighted by Gasteiger charge is 2.31. The molecule has 1 atom stereocenters. The van der Waals surface area contributed by atoms with Crippen LogP contribution in [-0.4, -0.2) is 28.8 Å². The van der Waals surface area contributed by atoms with E-state index in [4.69, 9.17) is 4.74 Å². The number of phenols is 1. The summed E-state index contributed by atoms with van der Waals surface area (Å²) in [4.78, 5) is 11.9. The zero-order valence-electron chi connectivity index (χ0n) is 13.1. The normalized spacial score (nSPS) is 17.0. The van der Waals surface area contributed by atoms with Gasteiger partial charge in [-0.05, 0) is 23.8 Å². The number of rotatable bonds is 3. The molecular formula is C18H18N2O3. The monoisotopic (exact) mass is 310 g/mol. The quantitative estimate of drug-likeness (QED) is 0.947. The van der Waals surface area contributed by atoms with Gasteiger partial charge in [-0.25, -0.2) is 5.01 Å². The first-order valence-corrected chi connectivity index (χ1v) is 7.39. The number of ether oxygens (including phenoxy) is 1. The predicted molar refractivity (Wildman–Crippen MR) is 87.5 cm³/mol. The smallest absolute Gasteiger partial charge is 0.240 e. The van der Waals surface area contributed by atoms with E-state index in [1.165, 1.54) is 19.0 Å². The van der Waals surface area contributed by atoms with Gasteiger partial charge in [-0.15, -0.1) is 0 Å². The van der Waals surface area contributed by atoms with Crippen LogP contribution >= 0.6 is 0 Å². The van der Waals surface area contributed by atoms with Gasteiger partial charge in [0, 0.05) is 18.9 Å². The molecule has 0 aromatic heterocycles. The summed E-state index contributed by atoms with van der Waals surface area (Å²) < 4.78 is 5.06. The molecular weight excluding hydrogens is 292 g/mol. The molecule has 1 aliphatic rings. The maximum atomic E-state index is 11.9. The van der Waals surface area contributed by atoms with Crippen LogP contribution in [0.25, 0.3) is 0 Å². The molecule has 3 rings (SSSR count). The van der Waals surface area contributed by atoms with E-state index in [2.05, 4.69) is 5.10 Å². The van der Waals surface area contributed by atoms with Gasteiger partial charge in [0.2, 0.25) is 5.91 Å². The van der Waals surface area contributed by atoms with E-state index in [9.17, 15) is 9.90 Å². The Morgan fingerprint density at radius 2 is 2.00 bits per heavy atom. The van der Waals surface area contributed by atoms with E-state index in [1.54, 1.807) is 12.1 Å². The minimum Gasteiger partial charge on any atom is -0.504 e. The van der Waals surface area contributed by atoms with Gasteiger partial charge >= 0.3 is 0 Å². The lowest BCUT2D eigenvalue weighted by Crippen LogP contribution is -2.24. The van der Waals surface area contributed by atoms with Gasteiger partial charge in [0.05, 0.1) is 18.9 Å². The lowest BCUT2D eigenvalue weighted by atomic mass is 9.98. The fourth-order valence-corrected chi connectivity index (χ4v) is 2.78. The van der Waals surface area contributed by atoms with Crippen molar-refractivity contribution in [1.82, 2.24) is 5.01 Å². The number of amides is 1. The van der Waals surface area contributed by atoms with Crippen molar-refractivity contribution in [2.75, 3.05) is 7.11 Å². The van der Waals surface area contributed by atoms with Crippen molar-refractivity contribution in [2.24, 2.45) is 5.10 Å². The number of hydrazone groups is 1. The van der Waals surface area contributed by atoms with Crippen LogP contribution in [0.2, 0.25) is 0 Å². The highest BCUT2D eigenvalue weighted by atomic mass is 16.5. The van der Waals surface area contributed by atoms with E-state index in [0.29, 0.717) is 12.2 Å². The molecule has 1 amide bonds. The second-order valence-corrected chi connectivity index (χ2v) is 5.43. The minimum absolute atomic E-state index is 0.0604. The van der Waals surface area contributed by atoms with E-state index < -0.39 is 0 Å². The summed E-state index contributed by atoms with van der Waals surface area (Å²) in [7, 11) is 1.50. The first kappa shape index (κ1) is 15.1. The molecule has 5 heteroatoms. The number of aromatic hydroxyl groups is 1. The van der Waals surface area contributed by atoms with Gasteiger partial charge in [-0.2, -0.15) is 5.10 Å². The Balaban J connectivity index is 1.94. The molecule has 1 heterocycles. The van der Waals surface area contributed by atoms with Gasteiger partial charge in [-0.3, -0.25) is 4.79 Å². The topological polar surface area (TPSA) is 62.1 Å². The molecule has 1 N–H and O–H groups in total. The maximum Gasteiger partial charge on any atom is 0.240 e. The Labute approximate surface area is 134 Å². The Hall–Kier alpha value is -2.82. The Kier molecular flexibility index (Phi) is 4.02. The number of methoxy groups -OCH3 is 1. The fraction of sp³-hybridized carbons (Fsp3) is 0.222. The lowest BCUT2D eigenvalue weighted by Gasteiger charge is -2.20. The number of nitrogens with zero attached hydrogens (tertiary/aromatic N) is 2. The van der Waals surface area contributed by atoms with Crippen LogP contribution in [0.15, 0.2) is 53.6 Å². The first-order valence-electron chi connectivity index (χ1n) is 7.39. The van der Waals surface area contributed by atoms with Gasteiger partial charge < -0.3 is 9.84 Å². The summed E-state index contributed by atoms with van der Waals surface area (Å²) in [5, 5.41) is 15.9. The minimum atomic E-state index is -0.118. The number of benzene rings is 2. The van der Waals surface area contributed by atoms with Gasteiger partial charge in [0.15, 0.2) is 11.5 Å². The van der Waals surface area contributed by atoms with Gasteiger partial charge in [-0.1, -0.05) is 30.3 Å². The summed E-state index contributed by atoms with van der Waals surface area (Å²) in [5.41, 5.74) is 2.60. The molecule has 0 saturated heterocycles. The third-order valence-electron chi connectivity index (χ3n) is 3.93. The molecule has 0 radical (unpaired) electrons. The third-order valence-corrected chi connectivity index (χ3v) is 3.93. The van der Waals surface area contributed by atoms with Crippen molar-refractivity contribution in [3.63, 3.8) is 0 Å². The summed E-state index contributed by atoms with van der Waals surface area (Å²) >= 11 is 0. The molecule has 0 fully saturated rings. The van der Waals surface area contributed by atoms with Crippen LogP contribution in [0.4, 0.5) is 0 Å². The Morgan fingerprint density at radius 3 is 2.61 bits per heavy atom. The SMILES string of the molecule is COc1ccc(C2=NN(C(C)=O)C(c3ccccc3)C2)cc1O. The molecule has 118 valence electrons.